The van der Waals surface area contributed by atoms with Crippen molar-refractivity contribution in [2.24, 2.45) is 0 Å². The van der Waals surface area contributed by atoms with Crippen molar-refractivity contribution in [3.05, 3.63) is 20.6 Å². The maximum absolute atomic E-state index is 5.79. The lowest BCUT2D eigenvalue weighted by Crippen LogP contribution is -2.01. The van der Waals surface area contributed by atoms with Gasteiger partial charge in [-0.1, -0.05) is 30.1 Å². The van der Waals surface area contributed by atoms with Gasteiger partial charge in [0, 0.05) is 6.61 Å². The van der Waals surface area contributed by atoms with Gasteiger partial charge in [-0.25, -0.2) is 9.97 Å². The van der Waals surface area contributed by atoms with E-state index in [1.165, 1.54) is 0 Å². The van der Waals surface area contributed by atoms with Crippen molar-refractivity contribution in [1.82, 2.24) is 9.97 Å². The summed E-state index contributed by atoms with van der Waals surface area (Å²) in [4.78, 5) is 8.01. The number of rotatable bonds is 4. The molecule has 0 bridgehead atoms. The molecule has 0 spiro atoms. The maximum atomic E-state index is 5.79. The third-order valence-corrected chi connectivity index (χ3v) is 3.15. The van der Waals surface area contributed by atoms with E-state index in [1.54, 1.807) is 0 Å². The summed E-state index contributed by atoms with van der Waals surface area (Å²) in [7, 11) is 0. The lowest BCUT2D eigenvalue weighted by atomic mass is 10.5. The van der Waals surface area contributed by atoms with Crippen molar-refractivity contribution in [3.63, 3.8) is 0 Å². The first-order chi connectivity index (χ1) is 6.65. The van der Waals surface area contributed by atoms with Crippen LogP contribution >= 0.6 is 39.1 Å². The fourth-order valence-corrected chi connectivity index (χ4v) is 1.41. The summed E-state index contributed by atoms with van der Waals surface area (Å²) in [6, 6.07) is 0. The lowest BCUT2D eigenvalue weighted by Gasteiger charge is -2.03. The van der Waals surface area contributed by atoms with Crippen LogP contribution in [0.15, 0.2) is 4.47 Å². The third-order valence-electron chi connectivity index (χ3n) is 1.40. The Balaban J connectivity index is 2.69. The summed E-state index contributed by atoms with van der Waals surface area (Å²) < 4.78 is 5.78. The van der Waals surface area contributed by atoms with Crippen LogP contribution in [0.1, 0.15) is 19.2 Å². The van der Waals surface area contributed by atoms with Crippen LogP contribution in [0.4, 0.5) is 0 Å². The number of aromatic nitrogens is 2. The van der Waals surface area contributed by atoms with E-state index in [2.05, 4.69) is 25.9 Å². The van der Waals surface area contributed by atoms with Crippen molar-refractivity contribution in [2.45, 2.75) is 20.0 Å². The predicted molar refractivity (Wildman–Crippen MR) is 59.7 cm³/mol. The Kier molecular flexibility index (Phi) is 5.09. The predicted octanol–water partition coefficient (Wildman–Crippen LogP) is 3.47. The normalized spacial score (nSPS) is 10.6. The molecule has 0 aromatic carbocycles. The highest BCUT2D eigenvalue weighted by Crippen LogP contribution is 2.26. The molecule has 0 aliphatic rings. The molecule has 1 rings (SSSR count). The molecule has 6 heteroatoms. The highest BCUT2D eigenvalue weighted by molar-refractivity contribution is 9.10. The van der Waals surface area contributed by atoms with E-state index >= 15 is 0 Å². The van der Waals surface area contributed by atoms with E-state index in [0.717, 1.165) is 6.42 Å². The summed E-state index contributed by atoms with van der Waals surface area (Å²) >= 11 is 14.8. The highest BCUT2D eigenvalue weighted by Gasteiger charge is 2.08. The van der Waals surface area contributed by atoms with Gasteiger partial charge in [-0.05, 0) is 22.4 Å². The number of halogens is 3. The first kappa shape index (κ1) is 12.2. The molecular weight excluding hydrogens is 291 g/mol. The molecule has 0 amide bonds. The monoisotopic (exact) mass is 298 g/mol. The Hall–Kier alpha value is 0.1000. The Morgan fingerprint density at radius 2 is 1.86 bits per heavy atom. The fourth-order valence-electron chi connectivity index (χ4n) is 0.807. The molecule has 1 aromatic rings. The second-order valence-electron chi connectivity index (χ2n) is 2.59. The molecule has 0 aliphatic heterocycles. The van der Waals surface area contributed by atoms with Crippen LogP contribution in [-0.2, 0) is 11.3 Å². The third kappa shape index (κ3) is 3.35. The zero-order chi connectivity index (χ0) is 10.6. The van der Waals surface area contributed by atoms with Crippen molar-refractivity contribution in [2.75, 3.05) is 6.61 Å². The van der Waals surface area contributed by atoms with Crippen LogP contribution in [0, 0.1) is 0 Å². The van der Waals surface area contributed by atoms with Crippen LogP contribution in [0.3, 0.4) is 0 Å². The van der Waals surface area contributed by atoms with Gasteiger partial charge < -0.3 is 4.74 Å². The van der Waals surface area contributed by atoms with Gasteiger partial charge in [0.05, 0.1) is 4.47 Å². The molecule has 1 aromatic heterocycles. The second kappa shape index (κ2) is 5.85. The van der Waals surface area contributed by atoms with Crippen molar-refractivity contribution < 1.29 is 4.74 Å². The SMILES string of the molecule is CCCOCc1nc(Cl)c(Br)c(Cl)n1. The molecule has 0 atom stereocenters. The smallest absolute Gasteiger partial charge is 0.157 e. The van der Waals surface area contributed by atoms with Crippen LogP contribution < -0.4 is 0 Å². The molecule has 0 fully saturated rings. The van der Waals surface area contributed by atoms with Crippen molar-refractivity contribution >= 4 is 39.1 Å². The average Bonchev–Trinajstić information content (AvgIpc) is 2.14. The summed E-state index contributed by atoms with van der Waals surface area (Å²) in [5.74, 6) is 0.497. The van der Waals surface area contributed by atoms with Gasteiger partial charge in [0.15, 0.2) is 5.82 Å². The van der Waals surface area contributed by atoms with Gasteiger partial charge >= 0.3 is 0 Å². The summed E-state index contributed by atoms with van der Waals surface area (Å²) in [5.41, 5.74) is 0. The average molecular weight is 300 g/mol. The molecule has 78 valence electrons. The number of hydrogen-bond acceptors (Lipinski definition) is 3. The first-order valence-electron chi connectivity index (χ1n) is 4.10. The summed E-state index contributed by atoms with van der Waals surface area (Å²) in [6.07, 6.45) is 0.956. The van der Waals surface area contributed by atoms with Gasteiger partial charge in [0.1, 0.15) is 16.9 Å². The second-order valence-corrected chi connectivity index (χ2v) is 4.10. The Morgan fingerprint density at radius 3 is 2.36 bits per heavy atom. The van der Waals surface area contributed by atoms with Gasteiger partial charge in [-0.3, -0.25) is 0 Å². The van der Waals surface area contributed by atoms with E-state index < -0.39 is 0 Å². The Labute approximate surface area is 101 Å². The number of ether oxygens (including phenoxy) is 1. The van der Waals surface area contributed by atoms with E-state index in [4.69, 9.17) is 27.9 Å². The van der Waals surface area contributed by atoms with E-state index in [1.807, 2.05) is 6.92 Å². The van der Waals surface area contributed by atoms with Gasteiger partial charge in [-0.2, -0.15) is 0 Å². The molecule has 1 heterocycles. The Bertz CT molecular complexity index is 299. The quantitative estimate of drug-likeness (QED) is 0.631. The van der Waals surface area contributed by atoms with Gasteiger partial charge in [-0.15, -0.1) is 0 Å². The molecule has 3 nitrogen and oxygen atoms in total. The largest absolute Gasteiger partial charge is 0.373 e. The minimum absolute atomic E-state index is 0.306. The van der Waals surface area contributed by atoms with Gasteiger partial charge in [0.25, 0.3) is 0 Å². The topological polar surface area (TPSA) is 35.0 Å². The highest BCUT2D eigenvalue weighted by atomic mass is 79.9. The lowest BCUT2D eigenvalue weighted by molar-refractivity contribution is 0.116. The van der Waals surface area contributed by atoms with E-state index in [0.29, 0.717) is 33.8 Å². The summed E-state index contributed by atoms with van der Waals surface area (Å²) in [5, 5.41) is 0.611. The maximum Gasteiger partial charge on any atom is 0.157 e. The molecule has 0 N–H and O–H groups in total. The molecular formula is C8H9BrCl2N2O. The number of hydrogen-bond donors (Lipinski definition) is 0. The molecule has 0 radical (unpaired) electrons. The fraction of sp³-hybridized carbons (Fsp3) is 0.500. The zero-order valence-corrected chi connectivity index (χ0v) is 10.7. The van der Waals surface area contributed by atoms with E-state index in [9.17, 15) is 0 Å². The van der Waals surface area contributed by atoms with Crippen LogP contribution in [0.2, 0.25) is 10.3 Å². The minimum atomic E-state index is 0.306. The molecule has 0 saturated heterocycles. The van der Waals surface area contributed by atoms with Crippen molar-refractivity contribution in [1.29, 1.82) is 0 Å². The standard InChI is InChI=1S/C8H9BrCl2N2O/c1-2-3-14-4-5-12-7(10)6(9)8(11)13-5/h2-4H2,1H3. The van der Waals surface area contributed by atoms with Crippen LogP contribution in [-0.4, -0.2) is 16.6 Å². The van der Waals surface area contributed by atoms with Crippen LogP contribution in [0.5, 0.6) is 0 Å². The molecule has 14 heavy (non-hydrogen) atoms. The summed E-state index contributed by atoms with van der Waals surface area (Å²) in [6.45, 7) is 3.04. The van der Waals surface area contributed by atoms with E-state index in [-0.39, 0.29) is 0 Å². The Morgan fingerprint density at radius 1 is 1.29 bits per heavy atom. The van der Waals surface area contributed by atoms with Crippen LogP contribution in [0.25, 0.3) is 0 Å². The zero-order valence-electron chi connectivity index (χ0n) is 7.56. The molecule has 0 aliphatic carbocycles. The van der Waals surface area contributed by atoms with Crippen molar-refractivity contribution in [3.8, 4) is 0 Å². The first-order valence-corrected chi connectivity index (χ1v) is 5.65. The molecule has 0 saturated carbocycles. The minimum Gasteiger partial charge on any atom is -0.373 e. The molecule has 0 unspecified atom stereocenters. The van der Waals surface area contributed by atoms with Gasteiger partial charge in [0.2, 0.25) is 0 Å². The number of nitrogens with zero attached hydrogens (tertiary/aromatic N) is 2.